The van der Waals surface area contributed by atoms with Crippen molar-refractivity contribution in [2.45, 2.75) is 49.8 Å². The van der Waals surface area contributed by atoms with Gasteiger partial charge in [0.25, 0.3) is 15.9 Å². The number of carbonyl (C=O) groups excluding carboxylic acids is 1. The molecular formula is C21H27N3O6S. The molecule has 2 aromatic rings. The second kappa shape index (κ2) is 9.86. The normalized spacial score (nSPS) is 26.4. The molecule has 10 heteroatoms. The minimum atomic E-state index is -3.90. The van der Waals surface area contributed by atoms with E-state index in [9.17, 15) is 23.4 Å². The maximum atomic E-state index is 12.6. The van der Waals surface area contributed by atoms with E-state index in [0.29, 0.717) is 0 Å². The summed E-state index contributed by atoms with van der Waals surface area (Å²) in [5.74, 6) is -1.32. The van der Waals surface area contributed by atoms with Gasteiger partial charge >= 0.3 is 0 Å². The molecule has 0 aromatic heterocycles. The van der Waals surface area contributed by atoms with Gasteiger partial charge in [0.2, 0.25) is 0 Å². The highest BCUT2D eigenvalue weighted by Gasteiger charge is 2.45. The third kappa shape index (κ3) is 5.67. The summed E-state index contributed by atoms with van der Waals surface area (Å²) in [5.41, 5.74) is 4.29. The molecule has 3 rings (SSSR count). The number of carbonyl (C=O) groups is 1. The molecule has 0 radical (unpaired) electrons. The zero-order valence-electron chi connectivity index (χ0n) is 17.2. The van der Waals surface area contributed by atoms with Crippen LogP contribution in [0.4, 0.5) is 0 Å². The van der Waals surface area contributed by atoms with Gasteiger partial charge in [-0.15, -0.1) is 4.83 Å². The second-order valence-corrected chi connectivity index (χ2v) is 9.27. The molecule has 3 unspecified atom stereocenters. The first-order valence-corrected chi connectivity index (χ1v) is 11.3. The second-order valence-electron chi connectivity index (χ2n) is 7.58. The number of hydrazine groups is 1. The van der Waals surface area contributed by atoms with E-state index < -0.39 is 46.4 Å². The molecule has 1 saturated heterocycles. The molecule has 31 heavy (non-hydrogen) atoms. The molecule has 1 amide bonds. The van der Waals surface area contributed by atoms with Crippen LogP contribution in [0.3, 0.4) is 0 Å². The highest BCUT2D eigenvalue weighted by molar-refractivity contribution is 7.89. The molecular weight excluding hydrogens is 422 g/mol. The molecule has 1 fully saturated rings. The Balaban J connectivity index is 1.65. The lowest BCUT2D eigenvalue weighted by Crippen LogP contribution is -2.63. The van der Waals surface area contributed by atoms with E-state index in [1.807, 2.05) is 37.3 Å². The van der Waals surface area contributed by atoms with Crippen LogP contribution in [0.2, 0.25) is 0 Å². The van der Waals surface area contributed by atoms with Gasteiger partial charge in [0.1, 0.15) is 12.3 Å². The van der Waals surface area contributed by atoms with E-state index in [4.69, 9.17) is 4.74 Å². The summed E-state index contributed by atoms with van der Waals surface area (Å²) in [4.78, 5) is 14.8. The summed E-state index contributed by atoms with van der Waals surface area (Å²) >= 11 is 0. The van der Waals surface area contributed by atoms with Crippen molar-refractivity contribution in [3.05, 3.63) is 65.7 Å². The van der Waals surface area contributed by atoms with Crippen molar-refractivity contribution in [3.63, 3.8) is 0 Å². The van der Waals surface area contributed by atoms with Crippen LogP contribution in [-0.2, 0) is 26.1 Å². The van der Waals surface area contributed by atoms with Crippen LogP contribution >= 0.6 is 0 Å². The van der Waals surface area contributed by atoms with Crippen molar-refractivity contribution in [1.29, 1.82) is 0 Å². The Morgan fingerprint density at radius 3 is 2.32 bits per heavy atom. The van der Waals surface area contributed by atoms with Gasteiger partial charge in [-0.05, 0) is 24.6 Å². The Morgan fingerprint density at radius 2 is 1.68 bits per heavy atom. The number of benzene rings is 2. The molecule has 1 heterocycles. The number of amides is 1. The topological polar surface area (TPSA) is 137 Å². The molecule has 0 aliphatic carbocycles. The Kier molecular flexibility index (Phi) is 7.42. The lowest BCUT2D eigenvalue weighted by Gasteiger charge is -2.41. The van der Waals surface area contributed by atoms with Crippen LogP contribution in [0.1, 0.15) is 18.1 Å². The van der Waals surface area contributed by atoms with Crippen LogP contribution in [0.25, 0.3) is 0 Å². The number of aryl methyl sites for hydroxylation is 1. The van der Waals surface area contributed by atoms with Crippen molar-refractivity contribution in [1.82, 2.24) is 15.6 Å². The van der Waals surface area contributed by atoms with Gasteiger partial charge < -0.3 is 20.3 Å². The quantitative estimate of drug-likeness (QED) is 0.380. The predicted molar refractivity (Wildman–Crippen MR) is 113 cm³/mol. The van der Waals surface area contributed by atoms with Gasteiger partial charge in [-0.2, -0.15) is 0 Å². The lowest BCUT2D eigenvalue weighted by molar-refractivity contribution is -0.207. The molecule has 0 bridgehead atoms. The van der Waals surface area contributed by atoms with E-state index in [1.54, 1.807) is 19.1 Å². The van der Waals surface area contributed by atoms with E-state index in [0.717, 1.165) is 11.1 Å². The zero-order chi connectivity index (χ0) is 22.6. The van der Waals surface area contributed by atoms with Gasteiger partial charge in [-0.3, -0.25) is 4.79 Å². The average Bonchev–Trinajstić information content (AvgIpc) is 2.76. The number of hydrogen-bond donors (Lipinski definition) is 5. The van der Waals surface area contributed by atoms with Crippen LogP contribution in [0.5, 0.6) is 0 Å². The Morgan fingerprint density at radius 1 is 1.03 bits per heavy atom. The van der Waals surface area contributed by atoms with Crippen molar-refractivity contribution >= 4 is 15.9 Å². The fourth-order valence-corrected chi connectivity index (χ4v) is 4.10. The predicted octanol–water partition coefficient (Wildman–Crippen LogP) is 0.177. The molecule has 2 aromatic carbocycles. The van der Waals surface area contributed by atoms with E-state index in [-0.39, 0.29) is 11.4 Å². The van der Waals surface area contributed by atoms with E-state index in [1.165, 1.54) is 12.1 Å². The maximum Gasteiger partial charge on any atom is 0.253 e. The van der Waals surface area contributed by atoms with E-state index >= 15 is 0 Å². The van der Waals surface area contributed by atoms with Gasteiger partial charge in [0.05, 0.1) is 11.0 Å². The lowest BCUT2D eigenvalue weighted by atomic mass is 9.91. The fourth-order valence-electron chi connectivity index (χ4n) is 3.21. The third-order valence-corrected chi connectivity index (χ3v) is 6.48. The summed E-state index contributed by atoms with van der Waals surface area (Å²) in [7, 11) is -3.90. The third-order valence-electron chi connectivity index (χ3n) is 5.20. The smallest absolute Gasteiger partial charge is 0.253 e. The monoisotopic (exact) mass is 449 g/mol. The van der Waals surface area contributed by atoms with Crippen molar-refractivity contribution in [2.24, 2.45) is 5.92 Å². The van der Waals surface area contributed by atoms with Crippen LogP contribution in [0, 0.1) is 12.8 Å². The van der Waals surface area contributed by atoms with Crippen LogP contribution < -0.4 is 15.6 Å². The molecule has 168 valence electrons. The summed E-state index contributed by atoms with van der Waals surface area (Å²) in [6, 6.07) is 15.4. The highest BCUT2D eigenvalue weighted by atomic mass is 32.2. The van der Waals surface area contributed by atoms with Crippen molar-refractivity contribution in [3.8, 4) is 0 Å². The van der Waals surface area contributed by atoms with E-state index in [2.05, 4.69) is 15.6 Å². The Labute approximate surface area is 181 Å². The molecule has 9 nitrogen and oxygen atoms in total. The van der Waals surface area contributed by atoms with Crippen molar-refractivity contribution < 1.29 is 28.2 Å². The zero-order valence-corrected chi connectivity index (χ0v) is 18.0. The molecule has 1 aliphatic heterocycles. The number of ether oxygens (including phenoxy) is 1. The highest BCUT2D eigenvalue weighted by Crippen LogP contribution is 2.25. The maximum absolute atomic E-state index is 12.6. The molecule has 0 saturated carbocycles. The Hall–Kier alpha value is -2.34. The minimum Gasteiger partial charge on any atom is -0.390 e. The number of aliphatic hydroxyl groups is 2. The van der Waals surface area contributed by atoms with Crippen molar-refractivity contribution in [2.75, 3.05) is 0 Å². The summed E-state index contributed by atoms with van der Waals surface area (Å²) < 4.78 is 30.6. The number of hydrogen-bond acceptors (Lipinski definition) is 7. The summed E-state index contributed by atoms with van der Waals surface area (Å²) in [5, 5.41) is 23.4. The van der Waals surface area contributed by atoms with Crippen LogP contribution in [-0.4, -0.2) is 49.1 Å². The SMILES string of the molecule is Cc1ccc(S(=O)(=O)NN[C@@H]2OC(C(=O)NCc3ccccc3)[C@@H](O)C(O)C2C)cc1. The number of sulfonamides is 1. The molecule has 5 atom stereocenters. The average molecular weight is 450 g/mol. The van der Waals surface area contributed by atoms with Gasteiger partial charge in [-0.1, -0.05) is 55.0 Å². The standard InChI is InChI=1S/C21H27N3O6S/c1-13-8-10-16(11-9-13)31(28,29)24-23-21-14(2)17(25)18(26)19(30-21)20(27)22-12-15-6-4-3-5-7-15/h3-11,14,17-19,21,23-26H,12H2,1-2H3,(H,22,27)/t14?,17?,18-,19?,21+/m0/s1. The van der Waals surface area contributed by atoms with Gasteiger partial charge in [0, 0.05) is 12.5 Å². The number of aliphatic hydroxyl groups excluding tert-OH is 2. The molecule has 5 N–H and O–H groups in total. The largest absolute Gasteiger partial charge is 0.390 e. The van der Waals surface area contributed by atoms with Gasteiger partial charge in [-0.25, -0.2) is 13.8 Å². The molecule has 1 aliphatic rings. The minimum absolute atomic E-state index is 0.0480. The first-order chi connectivity index (χ1) is 14.7. The first-order valence-electron chi connectivity index (χ1n) is 9.86. The number of nitrogens with one attached hydrogen (secondary N) is 3. The fraction of sp³-hybridized carbons (Fsp3) is 0.381. The Bertz CT molecular complexity index is 984. The number of rotatable bonds is 7. The molecule has 0 spiro atoms. The van der Waals surface area contributed by atoms with Crippen LogP contribution in [0.15, 0.2) is 59.5 Å². The first kappa shape index (κ1) is 23.3. The summed E-state index contributed by atoms with van der Waals surface area (Å²) in [6.45, 7) is 3.63. The summed E-state index contributed by atoms with van der Waals surface area (Å²) in [6.07, 6.45) is -5.19. The van der Waals surface area contributed by atoms with Gasteiger partial charge in [0.15, 0.2) is 6.10 Å².